The predicted octanol–water partition coefficient (Wildman–Crippen LogP) is 3.92. The third-order valence-electron chi connectivity index (χ3n) is 2.63. The monoisotopic (exact) mass is 363 g/mol. The van der Waals surface area contributed by atoms with Gasteiger partial charge in [-0.2, -0.15) is 0 Å². The van der Waals surface area contributed by atoms with Crippen molar-refractivity contribution in [2.75, 3.05) is 11.9 Å². The second-order valence-electron chi connectivity index (χ2n) is 3.93. The molecule has 0 aromatic heterocycles. The summed E-state index contributed by atoms with van der Waals surface area (Å²) >= 11 is 2.31. The number of anilines is 1. The second-order valence-corrected chi connectivity index (χ2v) is 5.10. The summed E-state index contributed by atoms with van der Waals surface area (Å²) in [6.07, 6.45) is 5.22. The Morgan fingerprint density at radius 3 is 2.63 bits per heavy atom. The number of para-hydroxylation sites is 2. The molecule has 19 heavy (non-hydrogen) atoms. The smallest absolute Gasteiger partial charge is 0.148 e. The number of hydrogen-bond acceptors (Lipinski definition) is 2. The van der Waals surface area contributed by atoms with Gasteiger partial charge in [-0.15, -0.1) is 6.42 Å². The maximum atomic E-state index is 5.53. The molecule has 0 heterocycles. The van der Waals surface area contributed by atoms with Crippen LogP contribution < -0.4 is 10.1 Å². The van der Waals surface area contributed by atoms with E-state index in [0.717, 1.165) is 17.0 Å². The summed E-state index contributed by atoms with van der Waals surface area (Å²) in [6, 6.07) is 16.1. The zero-order valence-electron chi connectivity index (χ0n) is 10.4. The molecule has 2 aromatic carbocycles. The van der Waals surface area contributed by atoms with Gasteiger partial charge in [-0.25, -0.2) is 0 Å². The van der Waals surface area contributed by atoms with Crippen molar-refractivity contribution in [1.29, 1.82) is 0 Å². The maximum absolute atomic E-state index is 5.53. The van der Waals surface area contributed by atoms with E-state index in [-0.39, 0.29) is 0 Å². The van der Waals surface area contributed by atoms with Gasteiger partial charge in [0.05, 0.1) is 0 Å². The first kappa shape index (κ1) is 13.8. The quantitative estimate of drug-likeness (QED) is 0.642. The van der Waals surface area contributed by atoms with Gasteiger partial charge >= 0.3 is 0 Å². The van der Waals surface area contributed by atoms with E-state index in [9.17, 15) is 0 Å². The van der Waals surface area contributed by atoms with E-state index in [1.54, 1.807) is 0 Å². The number of terminal acetylenes is 1. The molecule has 0 aliphatic carbocycles. The van der Waals surface area contributed by atoms with Crippen LogP contribution in [0.3, 0.4) is 0 Å². The van der Waals surface area contributed by atoms with Crippen LogP contribution in [0.25, 0.3) is 0 Å². The first-order valence-corrected chi connectivity index (χ1v) is 7.01. The van der Waals surface area contributed by atoms with Gasteiger partial charge in [0.25, 0.3) is 0 Å². The largest absolute Gasteiger partial charge is 0.481 e. The topological polar surface area (TPSA) is 21.3 Å². The van der Waals surface area contributed by atoms with Crippen LogP contribution in [0.15, 0.2) is 48.5 Å². The lowest BCUT2D eigenvalue weighted by Crippen LogP contribution is -2.04. The fourth-order valence-electron chi connectivity index (χ4n) is 1.71. The molecule has 2 rings (SSSR count). The van der Waals surface area contributed by atoms with Crippen LogP contribution in [0.2, 0.25) is 0 Å². The average molecular weight is 363 g/mol. The molecule has 0 atom stereocenters. The van der Waals surface area contributed by atoms with E-state index < -0.39 is 0 Å². The minimum atomic E-state index is 0.292. The molecule has 0 spiro atoms. The van der Waals surface area contributed by atoms with Crippen molar-refractivity contribution in [3.63, 3.8) is 0 Å². The molecule has 0 amide bonds. The van der Waals surface area contributed by atoms with Gasteiger partial charge in [0, 0.05) is 21.4 Å². The number of halogens is 1. The summed E-state index contributed by atoms with van der Waals surface area (Å²) in [6.45, 7) is 1.00. The number of nitrogens with one attached hydrogen (secondary N) is 1. The van der Waals surface area contributed by atoms with Crippen LogP contribution in [0.4, 0.5) is 5.69 Å². The fraction of sp³-hybridized carbons (Fsp3) is 0.125. The lowest BCUT2D eigenvalue weighted by molar-refractivity contribution is 0.366. The van der Waals surface area contributed by atoms with Crippen molar-refractivity contribution in [3.8, 4) is 18.1 Å². The highest BCUT2D eigenvalue weighted by Gasteiger charge is 2.03. The zero-order chi connectivity index (χ0) is 13.5. The van der Waals surface area contributed by atoms with E-state index in [0.29, 0.717) is 13.2 Å². The standard InChI is InChI=1S/C16H14INO/c1-2-11-19-16-10-6-3-7-13(16)12-18-15-9-5-4-8-14(15)17/h1,3-10,18H,11-12H2. The summed E-state index contributed by atoms with van der Waals surface area (Å²) in [7, 11) is 0. The first-order valence-electron chi connectivity index (χ1n) is 5.94. The van der Waals surface area contributed by atoms with Crippen molar-refractivity contribution in [1.82, 2.24) is 0 Å². The molecule has 3 heteroatoms. The normalized spacial score (nSPS) is 9.68. The number of hydrogen-bond donors (Lipinski definition) is 1. The number of rotatable bonds is 5. The Labute approximate surface area is 127 Å². The highest BCUT2D eigenvalue weighted by molar-refractivity contribution is 14.1. The molecule has 0 bridgehead atoms. The first-order chi connectivity index (χ1) is 9.31. The fourth-order valence-corrected chi connectivity index (χ4v) is 2.28. The average Bonchev–Trinajstić information content (AvgIpc) is 2.45. The Morgan fingerprint density at radius 2 is 1.84 bits per heavy atom. The van der Waals surface area contributed by atoms with Gasteiger partial charge in [-0.05, 0) is 40.8 Å². The lowest BCUT2D eigenvalue weighted by Gasteiger charge is -2.12. The Kier molecular flexibility index (Phi) is 5.10. The molecule has 0 aliphatic heterocycles. The van der Waals surface area contributed by atoms with Gasteiger partial charge in [0.15, 0.2) is 0 Å². The molecular formula is C16H14INO. The summed E-state index contributed by atoms with van der Waals surface area (Å²) in [5.74, 6) is 3.31. The summed E-state index contributed by atoms with van der Waals surface area (Å²) in [5.41, 5.74) is 2.22. The van der Waals surface area contributed by atoms with Gasteiger partial charge < -0.3 is 10.1 Å². The molecule has 2 nitrogen and oxygen atoms in total. The van der Waals surface area contributed by atoms with Crippen molar-refractivity contribution in [2.24, 2.45) is 0 Å². The number of ether oxygens (including phenoxy) is 1. The Bertz CT molecular complexity index is 589. The summed E-state index contributed by atoms with van der Waals surface area (Å²) in [5, 5.41) is 3.41. The van der Waals surface area contributed by atoms with Crippen molar-refractivity contribution < 1.29 is 4.74 Å². The van der Waals surface area contributed by atoms with E-state index in [1.165, 1.54) is 3.57 Å². The van der Waals surface area contributed by atoms with Crippen LogP contribution in [-0.4, -0.2) is 6.61 Å². The molecular weight excluding hydrogens is 349 g/mol. The van der Waals surface area contributed by atoms with Crippen LogP contribution >= 0.6 is 22.6 Å². The van der Waals surface area contributed by atoms with Crippen LogP contribution in [0.5, 0.6) is 5.75 Å². The highest BCUT2D eigenvalue weighted by Crippen LogP contribution is 2.22. The van der Waals surface area contributed by atoms with E-state index in [1.807, 2.05) is 36.4 Å². The minimum Gasteiger partial charge on any atom is -0.481 e. The van der Waals surface area contributed by atoms with Gasteiger partial charge in [-0.1, -0.05) is 36.3 Å². The SMILES string of the molecule is C#CCOc1ccccc1CNc1ccccc1I. The van der Waals surface area contributed by atoms with Crippen LogP contribution in [0, 0.1) is 15.9 Å². The molecule has 0 unspecified atom stereocenters. The van der Waals surface area contributed by atoms with Crippen LogP contribution in [-0.2, 0) is 6.54 Å². The number of benzene rings is 2. The predicted molar refractivity (Wildman–Crippen MR) is 87.3 cm³/mol. The Morgan fingerprint density at radius 1 is 1.11 bits per heavy atom. The highest BCUT2D eigenvalue weighted by atomic mass is 127. The third kappa shape index (κ3) is 3.90. The molecule has 1 N–H and O–H groups in total. The van der Waals surface area contributed by atoms with Gasteiger partial charge in [0.1, 0.15) is 12.4 Å². The van der Waals surface area contributed by atoms with Crippen molar-refractivity contribution in [2.45, 2.75) is 6.54 Å². The Hall–Kier alpha value is -1.67. The molecule has 2 aromatic rings. The van der Waals surface area contributed by atoms with Gasteiger partial charge in [0.2, 0.25) is 0 Å². The van der Waals surface area contributed by atoms with Crippen molar-refractivity contribution >= 4 is 28.3 Å². The minimum absolute atomic E-state index is 0.292. The van der Waals surface area contributed by atoms with E-state index in [4.69, 9.17) is 11.2 Å². The third-order valence-corrected chi connectivity index (χ3v) is 3.57. The van der Waals surface area contributed by atoms with Crippen molar-refractivity contribution in [3.05, 3.63) is 57.7 Å². The molecule has 0 saturated carbocycles. The van der Waals surface area contributed by atoms with Crippen LogP contribution in [0.1, 0.15) is 5.56 Å². The van der Waals surface area contributed by atoms with E-state index >= 15 is 0 Å². The zero-order valence-corrected chi connectivity index (χ0v) is 12.6. The second kappa shape index (κ2) is 7.05. The molecule has 0 fully saturated rings. The molecule has 0 aliphatic rings. The maximum Gasteiger partial charge on any atom is 0.148 e. The molecule has 0 saturated heterocycles. The lowest BCUT2D eigenvalue weighted by atomic mass is 10.2. The molecule has 0 radical (unpaired) electrons. The molecule has 96 valence electrons. The van der Waals surface area contributed by atoms with Gasteiger partial charge in [-0.3, -0.25) is 0 Å². The Balaban J connectivity index is 2.07. The summed E-state index contributed by atoms with van der Waals surface area (Å²) < 4.78 is 6.72. The van der Waals surface area contributed by atoms with E-state index in [2.05, 4.69) is 46.0 Å². The summed E-state index contributed by atoms with van der Waals surface area (Å²) in [4.78, 5) is 0.